The summed E-state index contributed by atoms with van der Waals surface area (Å²) >= 11 is 0. The van der Waals surface area contributed by atoms with Crippen molar-refractivity contribution < 1.29 is 27.2 Å². The molecule has 11 heteroatoms. The Bertz CT molecular complexity index is 1670. The molecular formula is C34H38F3N5O3. The zero-order valence-electron chi connectivity index (χ0n) is 26.1. The molecule has 3 heterocycles. The van der Waals surface area contributed by atoms with E-state index in [1.807, 2.05) is 61.5 Å². The van der Waals surface area contributed by atoms with Crippen LogP contribution in [0.3, 0.4) is 0 Å². The molecule has 0 saturated carbocycles. The molecule has 1 fully saturated rings. The highest BCUT2D eigenvalue weighted by atomic mass is 19.4. The van der Waals surface area contributed by atoms with Gasteiger partial charge in [-0.2, -0.15) is 18.3 Å². The third-order valence-electron chi connectivity index (χ3n) is 7.95. The van der Waals surface area contributed by atoms with Crippen LogP contribution in [0.15, 0.2) is 65.1 Å². The van der Waals surface area contributed by atoms with E-state index in [-0.39, 0.29) is 17.1 Å². The van der Waals surface area contributed by atoms with Gasteiger partial charge in [-0.3, -0.25) is 10.1 Å². The Hall–Kier alpha value is -4.54. The predicted octanol–water partition coefficient (Wildman–Crippen LogP) is 8.14. The van der Waals surface area contributed by atoms with Crippen LogP contribution >= 0.6 is 0 Å². The second-order valence-corrected chi connectivity index (χ2v) is 12.7. The van der Waals surface area contributed by atoms with Gasteiger partial charge in [-0.1, -0.05) is 50.6 Å². The molecule has 0 unspecified atom stereocenters. The van der Waals surface area contributed by atoms with E-state index in [2.05, 4.69) is 31.4 Å². The van der Waals surface area contributed by atoms with Gasteiger partial charge >= 0.3 is 12.2 Å². The summed E-state index contributed by atoms with van der Waals surface area (Å²) in [6.45, 7) is 10.3. The molecule has 1 saturated heterocycles. The van der Waals surface area contributed by atoms with Crippen LogP contribution in [0.2, 0.25) is 0 Å². The highest BCUT2D eigenvalue weighted by molar-refractivity contribution is 5.99. The zero-order chi connectivity index (χ0) is 32.5. The van der Waals surface area contributed by atoms with Crippen LogP contribution in [-0.2, 0) is 18.0 Å². The van der Waals surface area contributed by atoms with Crippen LogP contribution in [0.5, 0.6) is 0 Å². The minimum atomic E-state index is -4.73. The zero-order valence-corrected chi connectivity index (χ0v) is 26.1. The molecule has 8 nitrogen and oxygen atoms in total. The number of urea groups is 1. The second kappa shape index (κ2) is 12.5. The number of halogens is 3. The average Bonchev–Trinajstić information content (AvgIpc) is 3.58. The van der Waals surface area contributed by atoms with Crippen molar-refractivity contribution in [2.24, 2.45) is 5.92 Å². The van der Waals surface area contributed by atoms with Crippen molar-refractivity contribution in [1.82, 2.24) is 14.7 Å². The Morgan fingerprint density at radius 2 is 1.64 bits per heavy atom. The number of aromatic nitrogens is 2. The van der Waals surface area contributed by atoms with Crippen LogP contribution in [-0.4, -0.2) is 39.7 Å². The van der Waals surface area contributed by atoms with Crippen molar-refractivity contribution in [3.05, 3.63) is 94.6 Å². The van der Waals surface area contributed by atoms with E-state index in [9.17, 15) is 22.8 Å². The van der Waals surface area contributed by atoms with Gasteiger partial charge in [0.25, 0.3) is 5.91 Å². The SMILES string of the molecule is Cc1ccc(-n2nc(C(C)(C)C)cc2NC(=O)Nc2cccc(CC3CCN(C(=O)c4cc(C)oc4C(F)(F)F)CC3)c2)cc1. The molecule has 2 N–H and O–H groups in total. The van der Waals surface area contributed by atoms with Crippen molar-refractivity contribution >= 4 is 23.4 Å². The van der Waals surface area contributed by atoms with Crippen molar-refractivity contribution in [3.63, 3.8) is 0 Å². The average molecular weight is 622 g/mol. The molecule has 0 aliphatic carbocycles. The van der Waals surface area contributed by atoms with Gasteiger partial charge in [0.05, 0.1) is 16.9 Å². The van der Waals surface area contributed by atoms with Gasteiger partial charge in [-0.25, -0.2) is 9.48 Å². The Labute approximate surface area is 260 Å². The first-order valence-electron chi connectivity index (χ1n) is 15.0. The highest BCUT2D eigenvalue weighted by Gasteiger charge is 2.41. The predicted molar refractivity (Wildman–Crippen MR) is 167 cm³/mol. The summed E-state index contributed by atoms with van der Waals surface area (Å²) in [5.74, 6) is -1.06. The first kappa shape index (κ1) is 31.9. The van der Waals surface area contributed by atoms with Crippen LogP contribution in [0.4, 0.5) is 29.5 Å². The Morgan fingerprint density at radius 1 is 0.956 bits per heavy atom. The molecule has 238 valence electrons. The van der Waals surface area contributed by atoms with Gasteiger partial charge in [0.1, 0.15) is 11.6 Å². The number of hydrogen-bond donors (Lipinski definition) is 2. The van der Waals surface area contributed by atoms with Crippen LogP contribution in [0, 0.1) is 19.8 Å². The largest absolute Gasteiger partial charge is 0.456 e. The first-order valence-corrected chi connectivity index (χ1v) is 15.0. The van der Waals surface area contributed by atoms with E-state index in [1.165, 1.54) is 11.8 Å². The summed E-state index contributed by atoms with van der Waals surface area (Å²) in [5, 5.41) is 10.6. The number of hydrogen-bond acceptors (Lipinski definition) is 4. The maximum atomic E-state index is 13.4. The van der Waals surface area contributed by atoms with E-state index in [4.69, 9.17) is 9.52 Å². The monoisotopic (exact) mass is 621 g/mol. The lowest BCUT2D eigenvalue weighted by Crippen LogP contribution is -2.39. The molecule has 0 atom stereocenters. The summed E-state index contributed by atoms with van der Waals surface area (Å²) in [7, 11) is 0. The van der Waals surface area contributed by atoms with Gasteiger partial charge in [0, 0.05) is 30.3 Å². The maximum absolute atomic E-state index is 13.4. The number of rotatable bonds is 6. The molecule has 2 aromatic carbocycles. The quantitative estimate of drug-likeness (QED) is 0.227. The molecule has 0 bridgehead atoms. The van der Waals surface area contributed by atoms with Crippen molar-refractivity contribution in [2.45, 2.75) is 65.5 Å². The number of likely N-dealkylation sites (tertiary alicyclic amines) is 1. The molecule has 3 amide bonds. The second-order valence-electron chi connectivity index (χ2n) is 12.7. The number of benzene rings is 2. The van der Waals surface area contributed by atoms with E-state index in [0.29, 0.717) is 43.9 Å². The van der Waals surface area contributed by atoms with Crippen LogP contribution in [0.1, 0.15) is 72.3 Å². The maximum Gasteiger partial charge on any atom is 0.450 e. The van der Waals surface area contributed by atoms with Gasteiger partial charge in [-0.05, 0) is 74.9 Å². The molecule has 0 radical (unpaired) electrons. The molecule has 4 aromatic rings. The lowest BCUT2D eigenvalue weighted by Gasteiger charge is -2.32. The fraction of sp³-hybridized carbons (Fsp3) is 0.382. The third-order valence-corrected chi connectivity index (χ3v) is 7.95. The number of carbonyl (C=O) groups excluding carboxylic acids is 2. The summed E-state index contributed by atoms with van der Waals surface area (Å²) in [5.41, 5.74) is 3.79. The summed E-state index contributed by atoms with van der Waals surface area (Å²) in [6, 6.07) is 18.1. The molecule has 45 heavy (non-hydrogen) atoms. The lowest BCUT2D eigenvalue weighted by molar-refractivity contribution is -0.153. The number of amides is 3. The van der Waals surface area contributed by atoms with Crippen LogP contribution in [0.25, 0.3) is 5.69 Å². The Kier molecular flexibility index (Phi) is 8.82. The summed E-state index contributed by atoms with van der Waals surface area (Å²) in [4.78, 5) is 27.5. The minimum Gasteiger partial charge on any atom is -0.456 e. The smallest absolute Gasteiger partial charge is 0.450 e. The topological polar surface area (TPSA) is 92.4 Å². The summed E-state index contributed by atoms with van der Waals surface area (Å²) in [6.07, 6.45) is -2.71. The van der Waals surface area contributed by atoms with E-state index in [1.54, 1.807) is 4.68 Å². The Balaban J connectivity index is 1.20. The number of aryl methyl sites for hydroxylation is 2. The molecule has 1 aliphatic rings. The highest BCUT2D eigenvalue weighted by Crippen LogP contribution is 2.35. The standard InChI is InChI=1S/C34H38F3N5O3/c1-21-9-11-26(12-10-21)42-29(20-28(40-42)33(3,4)5)39-32(44)38-25-8-6-7-24(19-25)18-23-13-15-41(16-14-23)31(43)27-17-22(2)45-30(27)34(35,36)37/h6-12,17,19-20,23H,13-16,18H2,1-5H3,(H2,38,39,44). The number of nitrogens with one attached hydrogen (secondary N) is 2. The molecular weight excluding hydrogens is 583 g/mol. The number of carbonyl (C=O) groups is 2. The van der Waals surface area contributed by atoms with E-state index < -0.39 is 29.4 Å². The number of furan rings is 1. The van der Waals surface area contributed by atoms with Gasteiger partial charge in [0.15, 0.2) is 0 Å². The minimum absolute atomic E-state index is 0.0503. The fourth-order valence-corrected chi connectivity index (χ4v) is 5.50. The van der Waals surface area contributed by atoms with Crippen molar-refractivity contribution in [1.29, 1.82) is 0 Å². The number of nitrogens with zero attached hydrogens (tertiary/aromatic N) is 3. The van der Waals surface area contributed by atoms with Crippen LogP contribution < -0.4 is 10.6 Å². The Morgan fingerprint density at radius 3 is 2.29 bits per heavy atom. The van der Waals surface area contributed by atoms with Gasteiger partial charge < -0.3 is 14.6 Å². The molecule has 1 aliphatic heterocycles. The first-order chi connectivity index (χ1) is 21.2. The van der Waals surface area contributed by atoms with Crippen molar-refractivity contribution in [3.8, 4) is 5.69 Å². The van der Waals surface area contributed by atoms with E-state index in [0.717, 1.165) is 28.6 Å². The fourth-order valence-electron chi connectivity index (χ4n) is 5.50. The lowest BCUT2D eigenvalue weighted by atomic mass is 9.90. The summed E-state index contributed by atoms with van der Waals surface area (Å²) < 4.78 is 46.6. The number of piperidine rings is 1. The normalized spacial score (nSPS) is 14.4. The van der Waals surface area contributed by atoms with Gasteiger partial charge in [0.2, 0.25) is 5.76 Å². The number of anilines is 2. The molecule has 5 rings (SSSR count). The van der Waals surface area contributed by atoms with Crippen molar-refractivity contribution in [2.75, 3.05) is 23.7 Å². The third kappa shape index (κ3) is 7.58. The molecule has 0 spiro atoms. The number of alkyl halides is 3. The van der Waals surface area contributed by atoms with E-state index >= 15 is 0 Å². The molecule has 2 aromatic heterocycles. The van der Waals surface area contributed by atoms with Gasteiger partial charge in [-0.15, -0.1) is 0 Å².